The lowest BCUT2D eigenvalue weighted by Crippen LogP contribution is -2.22. The van der Waals surface area contributed by atoms with E-state index in [4.69, 9.17) is 19.1 Å². The number of benzene rings is 1. The minimum atomic E-state index is -0.468. The van der Waals surface area contributed by atoms with Crippen LogP contribution < -0.4 is 10.2 Å². The number of nitrogens with one attached hydrogen (secondary N) is 1. The number of carbonyl (C=O) groups excluding carboxylic acids is 2. The van der Waals surface area contributed by atoms with Crippen LogP contribution in [-0.4, -0.2) is 42.0 Å². The molecule has 4 rings (SSSR count). The van der Waals surface area contributed by atoms with Crippen LogP contribution in [-0.2, 0) is 15.9 Å². The molecule has 1 fully saturated rings. The fraction of sp³-hybridized carbons (Fsp3) is 0.385. The standard InChI is InChI=1S/C26H30N4O4S/c1-26(2,3)21-15-22(30-12-5-6-13-30)29-25(28-21)35-16-19-10-11-20(34-19)23(31)27-18-9-7-8-17(14-18)24(32)33-4/h7-11,14-15H,5-6,12-13,16H2,1-4H3,(H,27,31). The number of thioether (sulfide) groups is 1. The highest BCUT2D eigenvalue weighted by atomic mass is 32.2. The Bertz CT molecular complexity index is 1210. The average Bonchev–Trinajstić information content (AvgIpc) is 3.54. The number of anilines is 2. The van der Waals surface area contributed by atoms with Crippen molar-refractivity contribution < 1.29 is 18.7 Å². The summed E-state index contributed by atoms with van der Waals surface area (Å²) in [6, 6.07) is 12.1. The largest absolute Gasteiger partial charge is 0.465 e. The number of methoxy groups -OCH3 is 1. The smallest absolute Gasteiger partial charge is 0.337 e. The van der Waals surface area contributed by atoms with Gasteiger partial charge >= 0.3 is 5.97 Å². The summed E-state index contributed by atoms with van der Waals surface area (Å²) in [6.45, 7) is 8.48. The Labute approximate surface area is 209 Å². The maximum absolute atomic E-state index is 12.6. The number of ether oxygens (including phenoxy) is 1. The summed E-state index contributed by atoms with van der Waals surface area (Å²) in [5.74, 6) is 1.44. The Morgan fingerprint density at radius 3 is 2.60 bits per heavy atom. The van der Waals surface area contributed by atoms with Crippen LogP contribution in [0.25, 0.3) is 0 Å². The van der Waals surface area contributed by atoms with Crippen molar-refractivity contribution >= 4 is 35.1 Å². The highest BCUT2D eigenvalue weighted by Gasteiger charge is 2.22. The van der Waals surface area contributed by atoms with E-state index in [0.717, 1.165) is 24.6 Å². The number of carbonyl (C=O) groups is 2. The summed E-state index contributed by atoms with van der Waals surface area (Å²) < 4.78 is 10.5. The van der Waals surface area contributed by atoms with Gasteiger partial charge in [0.25, 0.3) is 5.91 Å². The fourth-order valence-corrected chi connectivity index (χ4v) is 4.47. The molecule has 184 valence electrons. The zero-order valence-electron chi connectivity index (χ0n) is 20.5. The third kappa shape index (κ3) is 6.22. The van der Waals surface area contributed by atoms with Gasteiger partial charge in [0.05, 0.1) is 24.1 Å². The molecular weight excluding hydrogens is 464 g/mol. The van der Waals surface area contributed by atoms with E-state index >= 15 is 0 Å². The molecule has 1 saturated heterocycles. The molecule has 0 atom stereocenters. The Balaban J connectivity index is 1.43. The molecule has 0 saturated carbocycles. The molecule has 3 aromatic rings. The summed E-state index contributed by atoms with van der Waals surface area (Å²) in [7, 11) is 1.31. The first-order valence-electron chi connectivity index (χ1n) is 11.6. The minimum Gasteiger partial charge on any atom is -0.465 e. The van der Waals surface area contributed by atoms with E-state index in [0.29, 0.717) is 27.9 Å². The zero-order valence-corrected chi connectivity index (χ0v) is 21.3. The number of hydrogen-bond donors (Lipinski definition) is 1. The van der Waals surface area contributed by atoms with Crippen LogP contribution in [0, 0.1) is 0 Å². The van der Waals surface area contributed by atoms with Gasteiger partial charge in [0, 0.05) is 30.3 Å². The van der Waals surface area contributed by atoms with Crippen LogP contribution in [0.2, 0.25) is 0 Å². The van der Waals surface area contributed by atoms with Crippen molar-refractivity contribution in [3.63, 3.8) is 0 Å². The number of rotatable bonds is 7. The molecule has 8 nitrogen and oxygen atoms in total. The van der Waals surface area contributed by atoms with Gasteiger partial charge in [-0.25, -0.2) is 14.8 Å². The van der Waals surface area contributed by atoms with E-state index in [1.165, 1.54) is 31.7 Å². The molecule has 0 spiro atoms. The normalized spacial score (nSPS) is 13.7. The lowest BCUT2D eigenvalue weighted by atomic mass is 9.92. The summed E-state index contributed by atoms with van der Waals surface area (Å²) in [4.78, 5) is 36.2. The van der Waals surface area contributed by atoms with E-state index in [1.807, 2.05) is 0 Å². The van der Waals surface area contributed by atoms with Gasteiger partial charge in [-0.1, -0.05) is 38.6 Å². The molecule has 1 N–H and O–H groups in total. The van der Waals surface area contributed by atoms with Gasteiger partial charge in [0.1, 0.15) is 11.6 Å². The number of nitrogens with zero attached hydrogens (tertiary/aromatic N) is 3. The molecule has 0 radical (unpaired) electrons. The molecule has 3 heterocycles. The SMILES string of the molecule is COC(=O)c1cccc(NC(=O)c2ccc(CSc3nc(N4CCCC4)cc(C(C)(C)C)n3)o2)c1. The van der Waals surface area contributed by atoms with Crippen LogP contribution in [0.3, 0.4) is 0 Å². The molecule has 9 heteroatoms. The molecule has 1 aliphatic heterocycles. The van der Waals surface area contributed by atoms with E-state index in [2.05, 4.69) is 37.1 Å². The van der Waals surface area contributed by atoms with Crippen LogP contribution in [0.4, 0.5) is 11.5 Å². The van der Waals surface area contributed by atoms with Crippen molar-refractivity contribution in [1.82, 2.24) is 9.97 Å². The van der Waals surface area contributed by atoms with Crippen molar-refractivity contribution in [1.29, 1.82) is 0 Å². The summed E-state index contributed by atoms with van der Waals surface area (Å²) >= 11 is 1.49. The lowest BCUT2D eigenvalue weighted by molar-refractivity contribution is 0.0600. The van der Waals surface area contributed by atoms with E-state index in [9.17, 15) is 9.59 Å². The predicted octanol–water partition coefficient (Wildman–Crippen LogP) is 5.30. The van der Waals surface area contributed by atoms with Crippen molar-refractivity contribution in [2.24, 2.45) is 0 Å². The minimum absolute atomic E-state index is 0.0895. The van der Waals surface area contributed by atoms with Crippen LogP contribution in [0.5, 0.6) is 0 Å². The Kier molecular flexibility index (Phi) is 7.45. The monoisotopic (exact) mass is 494 g/mol. The fourth-order valence-electron chi connectivity index (χ4n) is 3.72. The van der Waals surface area contributed by atoms with Crippen molar-refractivity contribution in [3.05, 3.63) is 65.2 Å². The van der Waals surface area contributed by atoms with Crippen LogP contribution in [0.15, 0.2) is 52.0 Å². The number of esters is 1. The average molecular weight is 495 g/mol. The van der Waals surface area contributed by atoms with Gasteiger partial charge in [-0.3, -0.25) is 4.79 Å². The second kappa shape index (κ2) is 10.5. The van der Waals surface area contributed by atoms with Gasteiger partial charge in [-0.2, -0.15) is 0 Å². The molecule has 2 aromatic heterocycles. The second-order valence-corrected chi connectivity index (χ2v) is 10.4. The van der Waals surface area contributed by atoms with Crippen LogP contribution >= 0.6 is 11.8 Å². The van der Waals surface area contributed by atoms with Crippen LogP contribution in [0.1, 0.15) is 66.0 Å². The second-order valence-electron chi connectivity index (χ2n) is 9.42. The molecule has 0 bridgehead atoms. The highest BCUT2D eigenvalue weighted by molar-refractivity contribution is 7.98. The summed E-state index contributed by atoms with van der Waals surface area (Å²) in [6.07, 6.45) is 2.36. The molecule has 1 aliphatic rings. The Morgan fingerprint density at radius 1 is 1.11 bits per heavy atom. The third-order valence-corrected chi connectivity index (χ3v) is 6.53. The molecule has 1 amide bonds. The third-order valence-electron chi connectivity index (χ3n) is 5.66. The first kappa shape index (κ1) is 24.8. The van der Waals surface area contributed by atoms with E-state index in [1.54, 1.807) is 36.4 Å². The highest BCUT2D eigenvalue weighted by Crippen LogP contribution is 2.30. The predicted molar refractivity (Wildman–Crippen MR) is 136 cm³/mol. The maximum atomic E-state index is 12.6. The zero-order chi connectivity index (χ0) is 25.0. The number of aromatic nitrogens is 2. The van der Waals surface area contributed by atoms with Gasteiger partial charge in [-0.15, -0.1) is 0 Å². The number of furan rings is 1. The number of hydrogen-bond acceptors (Lipinski definition) is 8. The lowest BCUT2D eigenvalue weighted by Gasteiger charge is -2.22. The van der Waals surface area contributed by atoms with E-state index in [-0.39, 0.29) is 11.2 Å². The van der Waals surface area contributed by atoms with Gasteiger partial charge in [-0.05, 0) is 43.2 Å². The molecule has 35 heavy (non-hydrogen) atoms. The summed E-state index contributed by atoms with van der Waals surface area (Å²) in [5, 5.41) is 3.45. The summed E-state index contributed by atoms with van der Waals surface area (Å²) in [5.41, 5.74) is 1.75. The molecule has 0 unspecified atom stereocenters. The molecule has 1 aromatic carbocycles. The quantitative estimate of drug-likeness (QED) is 0.269. The van der Waals surface area contributed by atoms with Gasteiger partial charge < -0.3 is 19.4 Å². The first-order valence-corrected chi connectivity index (χ1v) is 12.6. The molecule has 0 aliphatic carbocycles. The van der Waals surface area contributed by atoms with Gasteiger partial charge in [0.15, 0.2) is 10.9 Å². The maximum Gasteiger partial charge on any atom is 0.337 e. The van der Waals surface area contributed by atoms with E-state index < -0.39 is 11.9 Å². The Morgan fingerprint density at radius 2 is 1.89 bits per heavy atom. The molecular formula is C26H30N4O4S. The van der Waals surface area contributed by atoms with Crippen molar-refractivity contribution in [3.8, 4) is 0 Å². The first-order chi connectivity index (χ1) is 16.7. The van der Waals surface area contributed by atoms with Crippen molar-refractivity contribution in [2.45, 2.75) is 49.9 Å². The van der Waals surface area contributed by atoms with Gasteiger partial charge in [0.2, 0.25) is 0 Å². The topological polar surface area (TPSA) is 97.6 Å². The van der Waals surface area contributed by atoms with Crippen molar-refractivity contribution in [2.75, 3.05) is 30.4 Å². The number of amides is 1. The Hall–Kier alpha value is -3.33.